The molecular weight excluding hydrogens is 360 g/mol. The monoisotopic (exact) mass is 378 g/mol. The van der Waals surface area contributed by atoms with Crippen molar-refractivity contribution in [1.29, 1.82) is 0 Å². The molecular formula is C23H18N6. The molecule has 3 aromatic heterocycles. The molecule has 0 aliphatic heterocycles. The van der Waals surface area contributed by atoms with Gasteiger partial charge in [0.15, 0.2) is 0 Å². The number of benzene rings is 2. The van der Waals surface area contributed by atoms with E-state index in [9.17, 15) is 0 Å². The number of fused-ring (bicyclic) bond motifs is 1. The molecule has 0 radical (unpaired) electrons. The van der Waals surface area contributed by atoms with Gasteiger partial charge in [0.2, 0.25) is 0 Å². The molecule has 0 unspecified atom stereocenters. The quantitative estimate of drug-likeness (QED) is 0.511. The number of nitrogens with two attached hydrogens (primary N) is 1. The normalized spacial score (nSPS) is 11.1. The summed E-state index contributed by atoms with van der Waals surface area (Å²) in [5.41, 5.74) is 11.8. The van der Waals surface area contributed by atoms with Crippen LogP contribution in [0.4, 0.5) is 0 Å². The summed E-state index contributed by atoms with van der Waals surface area (Å²) in [6, 6.07) is 22.6. The first-order valence-corrected chi connectivity index (χ1v) is 9.33. The molecule has 0 saturated heterocycles. The third kappa shape index (κ3) is 3.15. The number of hydrogen-bond donors (Lipinski definition) is 1. The molecule has 29 heavy (non-hydrogen) atoms. The second-order valence-electron chi connectivity index (χ2n) is 6.72. The number of aromatic nitrogens is 5. The molecule has 0 bridgehead atoms. The Balaban J connectivity index is 1.79. The third-order valence-corrected chi connectivity index (χ3v) is 4.93. The molecule has 6 nitrogen and oxygen atoms in total. The number of pyridine rings is 2. The maximum atomic E-state index is 5.76. The summed E-state index contributed by atoms with van der Waals surface area (Å²) >= 11 is 0. The van der Waals surface area contributed by atoms with E-state index in [0.717, 1.165) is 44.7 Å². The van der Waals surface area contributed by atoms with Crippen LogP contribution in [0.15, 0.2) is 85.6 Å². The Bertz CT molecular complexity index is 1260. The summed E-state index contributed by atoms with van der Waals surface area (Å²) in [6.45, 7) is 0.519. The molecule has 6 heteroatoms. The minimum Gasteiger partial charge on any atom is -0.326 e. The molecule has 5 aromatic rings. The summed E-state index contributed by atoms with van der Waals surface area (Å²) in [4.78, 5) is 9.56. The van der Waals surface area contributed by atoms with Gasteiger partial charge in [-0.15, -0.1) is 10.2 Å². The first kappa shape index (κ1) is 17.2. The molecule has 140 valence electrons. The van der Waals surface area contributed by atoms with Crippen LogP contribution in [0.25, 0.3) is 39.1 Å². The zero-order valence-corrected chi connectivity index (χ0v) is 15.6. The van der Waals surface area contributed by atoms with Crippen LogP contribution < -0.4 is 5.73 Å². The van der Waals surface area contributed by atoms with Gasteiger partial charge >= 0.3 is 0 Å². The van der Waals surface area contributed by atoms with Gasteiger partial charge in [-0.25, -0.2) is 9.97 Å². The molecule has 0 aliphatic rings. The van der Waals surface area contributed by atoms with Crippen molar-refractivity contribution in [2.75, 3.05) is 0 Å². The Morgan fingerprint density at radius 1 is 0.828 bits per heavy atom. The molecule has 5 rings (SSSR count). The zero-order chi connectivity index (χ0) is 19.6. The van der Waals surface area contributed by atoms with Crippen molar-refractivity contribution in [2.45, 2.75) is 6.54 Å². The Labute approximate surface area is 167 Å². The predicted octanol–water partition coefficient (Wildman–Crippen LogP) is 4.00. The van der Waals surface area contributed by atoms with E-state index in [4.69, 9.17) is 10.7 Å². The van der Waals surface area contributed by atoms with Gasteiger partial charge in [0, 0.05) is 29.3 Å². The SMILES string of the molecule is NCc1ccc(-c2nc3ccnc(-n4cnnc4)c3cc2-c2ccccc2)cc1. The average Bonchev–Trinajstić information content (AvgIpc) is 3.33. The summed E-state index contributed by atoms with van der Waals surface area (Å²) in [7, 11) is 0. The van der Waals surface area contributed by atoms with E-state index in [0.29, 0.717) is 6.54 Å². The van der Waals surface area contributed by atoms with Gasteiger partial charge in [0.1, 0.15) is 18.5 Å². The minimum atomic E-state index is 0.519. The van der Waals surface area contributed by atoms with Crippen LogP contribution in [-0.4, -0.2) is 24.7 Å². The lowest BCUT2D eigenvalue weighted by molar-refractivity contribution is 1.00. The minimum absolute atomic E-state index is 0.519. The molecule has 0 saturated carbocycles. The molecule has 0 spiro atoms. The maximum absolute atomic E-state index is 5.76. The fourth-order valence-electron chi connectivity index (χ4n) is 3.45. The van der Waals surface area contributed by atoms with E-state index >= 15 is 0 Å². The zero-order valence-electron chi connectivity index (χ0n) is 15.6. The molecule has 2 aromatic carbocycles. The van der Waals surface area contributed by atoms with Crippen LogP contribution in [0.1, 0.15) is 5.56 Å². The van der Waals surface area contributed by atoms with Gasteiger partial charge in [-0.2, -0.15) is 0 Å². The van der Waals surface area contributed by atoms with Crippen molar-refractivity contribution in [3.8, 4) is 28.2 Å². The summed E-state index contributed by atoms with van der Waals surface area (Å²) in [5, 5.41) is 8.76. The molecule has 2 N–H and O–H groups in total. The first-order valence-electron chi connectivity index (χ1n) is 9.33. The fraction of sp³-hybridized carbons (Fsp3) is 0.0435. The maximum Gasteiger partial charge on any atom is 0.148 e. The van der Waals surface area contributed by atoms with Crippen LogP contribution in [0.2, 0.25) is 0 Å². The second kappa shape index (κ2) is 7.26. The van der Waals surface area contributed by atoms with Crippen molar-refractivity contribution in [3.63, 3.8) is 0 Å². The van der Waals surface area contributed by atoms with Crippen molar-refractivity contribution in [1.82, 2.24) is 24.7 Å². The summed E-state index contributed by atoms with van der Waals surface area (Å²) in [6.07, 6.45) is 5.04. The smallest absolute Gasteiger partial charge is 0.148 e. The van der Waals surface area contributed by atoms with E-state index in [-0.39, 0.29) is 0 Å². The van der Waals surface area contributed by atoms with Gasteiger partial charge in [-0.1, -0.05) is 54.6 Å². The molecule has 0 amide bonds. The average molecular weight is 378 g/mol. The molecule has 0 atom stereocenters. The fourth-order valence-corrected chi connectivity index (χ4v) is 3.45. The van der Waals surface area contributed by atoms with Gasteiger partial charge < -0.3 is 5.73 Å². The lowest BCUT2D eigenvalue weighted by atomic mass is 9.97. The number of nitrogens with zero attached hydrogens (tertiary/aromatic N) is 5. The third-order valence-electron chi connectivity index (χ3n) is 4.93. The lowest BCUT2D eigenvalue weighted by Gasteiger charge is -2.13. The number of hydrogen-bond acceptors (Lipinski definition) is 5. The van der Waals surface area contributed by atoms with Crippen LogP contribution in [0.3, 0.4) is 0 Å². The predicted molar refractivity (Wildman–Crippen MR) is 113 cm³/mol. The van der Waals surface area contributed by atoms with Gasteiger partial charge in [-0.3, -0.25) is 4.57 Å². The lowest BCUT2D eigenvalue weighted by Crippen LogP contribution is -1.99. The summed E-state index contributed by atoms with van der Waals surface area (Å²) < 4.78 is 1.80. The molecule has 0 fully saturated rings. The Kier molecular flexibility index (Phi) is 4.31. The highest BCUT2D eigenvalue weighted by Gasteiger charge is 2.14. The largest absolute Gasteiger partial charge is 0.326 e. The Morgan fingerprint density at radius 2 is 1.59 bits per heavy atom. The highest BCUT2D eigenvalue weighted by molar-refractivity contribution is 5.94. The molecule has 0 aliphatic carbocycles. The van der Waals surface area contributed by atoms with Crippen LogP contribution >= 0.6 is 0 Å². The highest BCUT2D eigenvalue weighted by atomic mass is 15.2. The van der Waals surface area contributed by atoms with Crippen LogP contribution in [-0.2, 0) is 6.54 Å². The van der Waals surface area contributed by atoms with Crippen molar-refractivity contribution in [2.24, 2.45) is 5.73 Å². The van der Waals surface area contributed by atoms with E-state index in [1.165, 1.54) is 0 Å². The van der Waals surface area contributed by atoms with Crippen molar-refractivity contribution >= 4 is 10.9 Å². The second-order valence-corrected chi connectivity index (χ2v) is 6.72. The van der Waals surface area contributed by atoms with Gasteiger partial charge in [0.05, 0.1) is 11.2 Å². The van der Waals surface area contributed by atoms with Crippen molar-refractivity contribution in [3.05, 3.63) is 91.1 Å². The highest BCUT2D eigenvalue weighted by Crippen LogP contribution is 2.34. The van der Waals surface area contributed by atoms with E-state index in [1.54, 1.807) is 23.4 Å². The van der Waals surface area contributed by atoms with E-state index in [2.05, 4.69) is 45.5 Å². The standard InChI is InChI=1S/C23H18N6/c24-13-16-6-8-18(9-7-16)22-19(17-4-2-1-3-5-17)12-20-21(28-22)10-11-25-23(20)29-14-26-27-15-29/h1-12,14-15H,13,24H2. The van der Waals surface area contributed by atoms with Crippen LogP contribution in [0, 0.1) is 0 Å². The summed E-state index contributed by atoms with van der Waals surface area (Å²) in [5.74, 6) is 0.752. The Hall–Kier alpha value is -3.90. The number of rotatable bonds is 4. The first-order chi connectivity index (χ1) is 14.3. The topological polar surface area (TPSA) is 82.5 Å². The Morgan fingerprint density at radius 3 is 2.31 bits per heavy atom. The van der Waals surface area contributed by atoms with Crippen molar-refractivity contribution < 1.29 is 0 Å². The van der Waals surface area contributed by atoms with Gasteiger partial charge in [-0.05, 0) is 23.3 Å². The van der Waals surface area contributed by atoms with E-state index in [1.807, 2.05) is 36.4 Å². The van der Waals surface area contributed by atoms with E-state index < -0.39 is 0 Å². The molecule has 3 heterocycles. The van der Waals surface area contributed by atoms with Gasteiger partial charge in [0.25, 0.3) is 0 Å². The van der Waals surface area contributed by atoms with Crippen LogP contribution in [0.5, 0.6) is 0 Å².